The highest BCUT2D eigenvalue weighted by molar-refractivity contribution is 9.09. The van der Waals surface area contributed by atoms with Crippen LogP contribution >= 0.6 is 15.9 Å². The summed E-state index contributed by atoms with van der Waals surface area (Å²) in [5.74, 6) is 0. The lowest BCUT2D eigenvalue weighted by Gasteiger charge is -2.31. The molecule has 1 aliphatic heterocycles. The molecule has 2 heterocycles. The number of nitrogens with zero attached hydrogens (tertiary/aromatic N) is 4. The van der Waals surface area contributed by atoms with Crippen molar-refractivity contribution in [2.24, 2.45) is 0 Å². The van der Waals surface area contributed by atoms with E-state index in [1.807, 2.05) is 10.9 Å². The van der Waals surface area contributed by atoms with Gasteiger partial charge in [-0.1, -0.05) is 35.0 Å². The van der Waals surface area contributed by atoms with Crippen LogP contribution < -0.4 is 0 Å². The van der Waals surface area contributed by atoms with Gasteiger partial charge < -0.3 is 4.74 Å². The van der Waals surface area contributed by atoms with Crippen molar-refractivity contribution in [1.29, 1.82) is 0 Å². The van der Waals surface area contributed by atoms with E-state index >= 15 is 0 Å². The third kappa shape index (κ3) is 3.52. The minimum absolute atomic E-state index is 0.226. The summed E-state index contributed by atoms with van der Waals surface area (Å²) < 4.78 is 7.66. The average molecular weight is 317 g/mol. The highest BCUT2D eigenvalue weighted by atomic mass is 79.9. The van der Waals surface area contributed by atoms with Gasteiger partial charge in [-0.2, -0.15) is 0 Å². The van der Waals surface area contributed by atoms with Crippen LogP contribution in [-0.2, 0) is 11.3 Å². The summed E-state index contributed by atoms with van der Waals surface area (Å²) in [4.78, 5) is 2.70. The van der Waals surface area contributed by atoms with Crippen molar-refractivity contribution in [3.63, 3.8) is 0 Å². The van der Waals surface area contributed by atoms with Gasteiger partial charge in [0.25, 0.3) is 0 Å². The van der Waals surface area contributed by atoms with Crippen LogP contribution in [0.15, 0.2) is 6.20 Å². The van der Waals surface area contributed by atoms with Crippen molar-refractivity contribution >= 4 is 15.9 Å². The molecule has 1 aromatic rings. The molecule has 0 N–H and O–H groups in total. The monoisotopic (exact) mass is 316 g/mol. The minimum atomic E-state index is 0.226. The Morgan fingerprint density at radius 3 is 3.11 bits per heavy atom. The van der Waals surface area contributed by atoms with E-state index < -0.39 is 0 Å². The van der Waals surface area contributed by atoms with Crippen LogP contribution in [0.1, 0.15) is 30.8 Å². The summed E-state index contributed by atoms with van der Waals surface area (Å²) in [6.45, 7) is 9.02. The van der Waals surface area contributed by atoms with E-state index in [9.17, 15) is 0 Å². The van der Waals surface area contributed by atoms with Crippen LogP contribution in [0.25, 0.3) is 0 Å². The fourth-order valence-electron chi connectivity index (χ4n) is 2.14. The summed E-state index contributed by atoms with van der Waals surface area (Å²) in [6.07, 6.45) is 3.25. The van der Waals surface area contributed by atoms with Gasteiger partial charge in [-0.3, -0.25) is 4.90 Å². The molecule has 0 bridgehead atoms. The Hall–Kier alpha value is -0.460. The Morgan fingerprint density at radius 2 is 2.39 bits per heavy atom. The number of ether oxygens (including phenoxy) is 1. The molecule has 0 aliphatic carbocycles. The van der Waals surface area contributed by atoms with Crippen molar-refractivity contribution in [1.82, 2.24) is 19.9 Å². The predicted molar refractivity (Wildman–Crippen MR) is 73.8 cm³/mol. The summed E-state index contributed by atoms with van der Waals surface area (Å²) >= 11 is 3.59. The van der Waals surface area contributed by atoms with Crippen molar-refractivity contribution in [3.8, 4) is 0 Å². The Bertz CT molecular complexity index is 371. The first-order valence-electron chi connectivity index (χ1n) is 6.61. The van der Waals surface area contributed by atoms with Crippen molar-refractivity contribution in [2.45, 2.75) is 37.7 Å². The Morgan fingerprint density at radius 1 is 1.56 bits per heavy atom. The standard InChI is InChI=1S/C12H21BrN4O/c1-3-11(13)12-9-17(15-14-12)8-10-7-16(4-2)5-6-18-10/h9-11H,3-8H2,1-2H3. The van der Waals surface area contributed by atoms with Gasteiger partial charge in [0.1, 0.15) is 0 Å². The molecule has 5 nitrogen and oxygen atoms in total. The van der Waals surface area contributed by atoms with E-state index in [1.165, 1.54) is 0 Å². The number of alkyl halides is 1. The zero-order valence-corrected chi connectivity index (χ0v) is 12.6. The normalized spacial score (nSPS) is 23.2. The molecular weight excluding hydrogens is 296 g/mol. The molecule has 1 fully saturated rings. The number of hydrogen-bond acceptors (Lipinski definition) is 4. The molecule has 0 amide bonds. The van der Waals surface area contributed by atoms with Crippen molar-refractivity contribution in [2.75, 3.05) is 26.2 Å². The van der Waals surface area contributed by atoms with Gasteiger partial charge in [0.05, 0.1) is 29.8 Å². The third-order valence-electron chi connectivity index (χ3n) is 3.30. The molecular formula is C12H21BrN4O. The first kappa shape index (κ1) is 14.0. The van der Waals surface area contributed by atoms with Gasteiger partial charge in [-0.25, -0.2) is 4.68 Å². The largest absolute Gasteiger partial charge is 0.374 e. The second-order valence-corrected chi connectivity index (χ2v) is 5.73. The number of halogens is 1. The maximum Gasteiger partial charge on any atom is 0.0963 e. The lowest BCUT2D eigenvalue weighted by atomic mass is 10.2. The highest BCUT2D eigenvalue weighted by Gasteiger charge is 2.20. The zero-order chi connectivity index (χ0) is 13.0. The van der Waals surface area contributed by atoms with Gasteiger partial charge >= 0.3 is 0 Å². The fourth-order valence-corrected chi connectivity index (χ4v) is 2.35. The molecule has 0 radical (unpaired) electrons. The Labute approximate surface area is 117 Å². The van der Waals surface area contributed by atoms with Crippen LogP contribution in [0.4, 0.5) is 0 Å². The van der Waals surface area contributed by atoms with Gasteiger partial charge in [0, 0.05) is 19.3 Å². The maximum absolute atomic E-state index is 5.77. The molecule has 2 atom stereocenters. The summed E-state index contributed by atoms with van der Waals surface area (Å²) in [7, 11) is 0. The molecule has 0 spiro atoms. The van der Waals surface area contributed by atoms with Crippen LogP contribution in [0.2, 0.25) is 0 Å². The van der Waals surface area contributed by atoms with Crippen LogP contribution in [0.3, 0.4) is 0 Å². The molecule has 102 valence electrons. The first-order valence-corrected chi connectivity index (χ1v) is 7.52. The van der Waals surface area contributed by atoms with E-state index in [4.69, 9.17) is 4.74 Å². The zero-order valence-electron chi connectivity index (χ0n) is 11.0. The molecule has 0 aromatic carbocycles. The predicted octanol–water partition coefficient (Wildman–Crippen LogP) is 1.84. The van der Waals surface area contributed by atoms with Crippen LogP contribution in [-0.4, -0.2) is 52.2 Å². The quantitative estimate of drug-likeness (QED) is 0.778. The Kier molecular flexibility index (Phi) is 5.14. The van der Waals surface area contributed by atoms with Gasteiger partial charge in [0.2, 0.25) is 0 Å². The molecule has 1 saturated heterocycles. The number of rotatable bonds is 5. The van der Waals surface area contributed by atoms with E-state index in [-0.39, 0.29) is 6.10 Å². The number of likely N-dealkylation sites (N-methyl/N-ethyl adjacent to an activating group) is 1. The minimum Gasteiger partial charge on any atom is -0.374 e. The van der Waals surface area contributed by atoms with Crippen molar-refractivity contribution < 1.29 is 4.74 Å². The fraction of sp³-hybridized carbons (Fsp3) is 0.833. The van der Waals surface area contributed by atoms with E-state index in [1.54, 1.807) is 0 Å². The van der Waals surface area contributed by atoms with Gasteiger partial charge in [0.15, 0.2) is 0 Å². The number of hydrogen-bond donors (Lipinski definition) is 0. The molecule has 18 heavy (non-hydrogen) atoms. The lowest BCUT2D eigenvalue weighted by Crippen LogP contribution is -2.44. The van der Waals surface area contributed by atoms with E-state index in [2.05, 4.69) is 45.0 Å². The second-order valence-electron chi connectivity index (χ2n) is 4.63. The molecule has 6 heteroatoms. The molecule has 2 rings (SSSR count). The summed E-state index contributed by atoms with van der Waals surface area (Å²) in [5, 5.41) is 8.36. The topological polar surface area (TPSA) is 43.2 Å². The van der Waals surface area contributed by atoms with Crippen LogP contribution in [0, 0.1) is 0 Å². The summed E-state index contributed by atoms with van der Waals surface area (Å²) in [6, 6.07) is 0. The number of morpholine rings is 1. The molecule has 0 saturated carbocycles. The highest BCUT2D eigenvalue weighted by Crippen LogP contribution is 2.23. The van der Waals surface area contributed by atoms with Crippen molar-refractivity contribution in [3.05, 3.63) is 11.9 Å². The smallest absolute Gasteiger partial charge is 0.0963 e. The van der Waals surface area contributed by atoms with E-state index in [0.717, 1.165) is 44.9 Å². The SMILES string of the molecule is CCC(Br)c1cn(CC2CN(CC)CCO2)nn1. The third-order valence-corrected chi connectivity index (χ3v) is 4.41. The second kappa shape index (κ2) is 6.63. The molecule has 1 aromatic heterocycles. The van der Waals surface area contributed by atoms with E-state index in [0.29, 0.717) is 4.83 Å². The van der Waals surface area contributed by atoms with Gasteiger partial charge in [-0.05, 0) is 13.0 Å². The molecule has 2 unspecified atom stereocenters. The lowest BCUT2D eigenvalue weighted by molar-refractivity contribution is -0.0360. The molecule has 1 aliphatic rings. The van der Waals surface area contributed by atoms with Gasteiger partial charge in [-0.15, -0.1) is 5.10 Å². The summed E-state index contributed by atoms with van der Waals surface area (Å²) in [5.41, 5.74) is 1.00. The average Bonchev–Trinajstić information content (AvgIpc) is 2.86. The Balaban J connectivity index is 1.90. The number of aromatic nitrogens is 3. The van der Waals surface area contributed by atoms with Crippen LogP contribution in [0.5, 0.6) is 0 Å². The maximum atomic E-state index is 5.77. The first-order chi connectivity index (χ1) is 8.72.